The first-order valence-electron chi connectivity index (χ1n) is 6.07. The lowest BCUT2D eigenvalue weighted by Gasteiger charge is -2.07. The fourth-order valence-corrected chi connectivity index (χ4v) is 2.17. The molecule has 3 aromatic rings. The van der Waals surface area contributed by atoms with Crippen LogP contribution >= 0.6 is 11.6 Å². The van der Waals surface area contributed by atoms with Gasteiger partial charge in [0.05, 0.1) is 15.5 Å². The van der Waals surface area contributed by atoms with Crippen LogP contribution in [0.2, 0.25) is 5.02 Å². The molecule has 3 rings (SSSR count). The van der Waals surface area contributed by atoms with Crippen LogP contribution in [0.15, 0.2) is 48.7 Å². The van der Waals surface area contributed by atoms with E-state index < -0.39 is 4.92 Å². The number of aromatic nitrogens is 2. The summed E-state index contributed by atoms with van der Waals surface area (Å²) >= 11 is 6.10. The lowest BCUT2D eigenvalue weighted by Crippen LogP contribution is -2.00. The number of fused-ring (bicyclic) bond motifs is 1. The molecule has 104 valence electrons. The third-order valence-electron chi connectivity index (χ3n) is 2.90. The third kappa shape index (κ3) is 2.61. The maximum absolute atomic E-state index is 11.0. The van der Waals surface area contributed by atoms with E-state index in [9.17, 15) is 10.1 Å². The van der Waals surface area contributed by atoms with E-state index in [4.69, 9.17) is 11.6 Å². The van der Waals surface area contributed by atoms with E-state index in [0.717, 1.165) is 5.39 Å². The molecule has 2 heterocycles. The molecule has 0 atom stereocenters. The zero-order chi connectivity index (χ0) is 14.8. The first-order valence-corrected chi connectivity index (χ1v) is 6.44. The van der Waals surface area contributed by atoms with Crippen molar-refractivity contribution in [3.63, 3.8) is 0 Å². The molecule has 21 heavy (non-hydrogen) atoms. The van der Waals surface area contributed by atoms with Gasteiger partial charge in [-0.25, -0.2) is 9.97 Å². The number of halogens is 1. The molecule has 0 aliphatic heterocycles. The van der Waals surface area contributed by atoms with Gasteiger partial charge in [-0.05, 0) is 24.3 Å². The van der Waals surface area contributed by atoms with Gasteiger partial charge in [-0.3, -0.25) is 10.1 Å². The van der Waals surface area contributed by atoms with E-state index in [1.807, 2.05) is 18.2 Å². The normalized spacial score (nSPS) is 10.5. The van der Waals surface area contributed by atoms with Crippen molar-refractivity contribution < 1.29 is 4.92 Å². The monoisotopic (exact) mass is 300 g/mol. The van der Waals surface area contributed by atoms with Gasteiger partial charge in [0.2, 0.25) is 5.82 Å². The van der Waals surface area contributed by atoms with Crippen molar-refractivity contribution in [3.8, 4) is 0 Å². The molecular weight excluding hydrogens is 292 g/mol. The molecule has 6 nitrogen and oxygen atoms in total. The van der Waals surface area contributed by atoms with Gasteiger partial charge >= 0.3 is 5.69 Å². The summed E-state index contributed by atoms with van der Waals surface area (Å²) in [7, 11) is 0. The molecule has 7 heteroatoms. The second-order valence-electron chi connectivity index (χ2n) is 4.26. The van der Waals surface area contributed by atoms with Crippen molar-refractivity contribution in [2.45, 2.75) is 0 Å². The Balaban J connectivity index is 2.03. The largest absolute Gasteiger partial charge is 0.319 e. The summed E-state index contributed by atoms with van der Waals surface area (Å²) in [5.74, 6) is 0.582. The van der Waals surface area contributed by atoms with Crippen molar-refractivity contribution >= 4 is 39.8 Å². The summed E-state index contributed by atoms with van der Waals surface area (Å²) in [5.41, 5.74) is 0.515. The molecular formula is C14H9ClN4O2. The highest BCUT2D eigenvalue weighted by molar-refractivity contribution is 6.35. The van der Waals surface area contributed by atoms with E-state index in [1.165, 1.54) is 18.3 Å². The standard InChI is InChI=1S/C14H9ClN4O2/c15-10-4-1-3-9-6-7-12(17-13(9)10)18-14-11(19(20)21)5-2-8-16-14/h1-8H,(H,16,17,18). The third-order valence-corrected chi connectivity index (χ3v) is 3.21. The molecule has 0 radical (unpaired) electrons. The number of para-hydroxylation sites is 1. The van der Waals surface area contributed by atoms with Gasteiger partial charge in [0.15, 0.2) is 0 Å². The van der Waals surface area contributed by atoms with Gasteiger partial charge in [0, 0.05) is 17.6 Å². The Morgan fingerprint density at radius 2 is 2.00 bits per heavy atom. The number of anilines is 2. The Labute approximate surface area is 124 Å². The first-order chi connectivity index (χ1) is 10.1. The molecule has 0 fully saturated rings. The van der Waals surface area contributed by atoms with Crippen LogP contribution < -0.4 is 5.32 Å². The maximum Gasteiger partial charge on any atom is 0.311 e. The zero-order valence-electron chi connectivity index (χ0n) is 10.7. The lowest BCUT2D eigenvalue weighted by molar-refractivity contribution is -0.384. The fourth-order valence-electron chi connectivity index (χ4n) is 1.94. The molecule has 0 amide bonds. The Hall–Kier alpha value is -2.73. The summed E-state index contributed by atoms with van der Waals surface area (Å²) in [6.07, 6.45) is 1.48. The summed E-state index contributed by atoms with van der Waals surface area (Å²) in [6.45, 7) is 0. The quantitative estimate of drug-likeness (QED) is 0.585. The second kappa shape index (κ2) is 5.34. The highest BCUT2D eigenvalue weighted by Gasteiger charge is 2.14. The van der Waals surface area contributed by atoms with Gasteiger partial charge < -0.3 is 5.32 Å². The van der Waals surface area contributed by atoms with E-state index in [1.54, 1.807) is 12.1 Å². The maximum atomic E-state index is 11.0. The van der Waals surface area contributed by atoms with Crippen LogP contribution in [0, 0.1) is 10.1 Å². The number of pyridine rings is 2. The van der Waals surface area contributed by atoms with Crippen LogP contribution in [-0.4, -0.2) is 14.9 Å². The average Bonchev–Trinajstić information content (AvgIpc) is 2.48. The van der Waals surface area contributed by atoms with Crippen molar-refractivity contribution in [2.24, 2.45) is 0 Å². The first kappa shape index (κ1) is 13.3. The lowest BCUT2D eigenvalue weighted by atomic mass is 10.2. The number of rotatable bonds is 3. The summed E-state index contributed by atoms with van der Waals surface area (Å²) in [5, 5.41) is 15.2. The number of nitrogens with one attached hydrogen (secondary N) is 1. The molecule has 0 spiro atoms. The van der Waals surface area contributed by atoms with Gasteiger partial charge in [-0.2, -0.15) is 0 Å². The van der Waals surface area contributed by atoms with Gasteiger partial charge in [0.25, 0.3) is 0 Å². The number of nitro groups is 1. The van der Waals surface area contributed by atoms with E-state index in [-0.39, 0.29) is 11.5 Å². The molecule has 0 saturated carbocycles. The number of hydrogen-bond acceptors (Lipinski definition) is 5. The predicted octanol–water partition coefficient (Wildman–Crippen LogP) is 3.94. The van der Waals surface area contributed by atoms with Gasteiger partial charge in [-0.15, -0.1) is 0 Å². The van der Waals surface area contributed by atoms with Crippen molar-refractivity contribution in [2.75, 3.05) is 5.32 Å². The highest BCUT2D eigenvalue weighted by Crippen LogP contribution is 2.27. The van der Waals surface area contributed by atoms with Crippen LogP contribution in [0.5, 0.6) is 0 Å². The molecule has 0 bridgehead atoms. The number of hydrogen-bond donors (Lipinski definition) is 1. The van der Waals surface area contributed by atoms with Crippen LogP contribution in [-0.2, 0) is 0 Å². The topological polar surface area (TPSA) is 81.0 Å². The van der Waals surface area contributed by atoms with Crippen molar-refractivity contribution in [1.29, 1.82) is 0 Å². The summed E-state index contributed by atoms with van der Waals surface area (Å²) in [4.78, 5) is 18.8. The minimum absolute atomic E-state index is 0.112. The summed E-state index contributed by atoms with van der Waals surface area (Å²) in [6, 6.07) is 11.9. The minimum atomic E-state index is -0.497. The molecule has 0 aliphatic carbocycles. The number of benzene rings is 1. The Bertz CT molecular complexity index is 838. The molecule has 1 N–H and O–H groups in total. The molecule has 2 aromatic heterocycles. The summed E-state index contributed by atoms with van der Waals surface area (Å²) < 4.78 is 0. The molecule has 0 unspecified atom stereocenters. The van der Waals surface area contributed by atoms with Gasteiger partial charge in [0.1, 0.15) is 5.82 Å². The highest BCUT2D eigenvalue weighted by atomic mass is 35.5. The predicted molar refractivity (Wildman–Crippen MR) is 80.9 cm³/mol. The average molecular weight is 301 g/mol. The zero-order valence-corrected chi connectivity index (χ0v) is 11.4. The number of nitrogens with zero attached hydrogens (tertiary/aromatic N) is 3. The van der Waals surface area contributed by atoms with Crippen molar-refractivity contribution in [1.82, 2.24) is 9.97 Å². The van der Waals surface area contributed by atoms with Crippen LogP contribution in [0.4, 0.5) is 17.3 Å². The van der Waals surface area contributed by atoms with E-state index in [2.05, 4.69) is 15.3 Å². The second-order valence-corrected chi connectivity index (χ2v) is 4.67. The minimum Gasteiger partial charge on any atom is -0.319 e. The Morgan fingerprint density at radius 3 is 2.81 bits per heavy atom. The van der Waals surface area contributed by atoms with Crippen molar-refractivity contribution in [3.05, 3.63) is 63.8 Å². The van der Waals surface area contributed by atoms with Crippen LogP contribution in [0.3, 0.4) is 0 Å². The SMILES string of the molecule is O=[N+]([O-])c1cccnc1Nc1ccc2cccc(Cl)c2n1. The Morgan fingerprint density at radius 1 is 1.14 bits per heavy atom. The fraction of sp³-hybridized carbons (Fsp3) is 0. The molecule has 0 saturated heterocycles. The van der Waals surface area contributed by atoms with Gasteiger partial charge in [-0.1, -0.05) is 23.7 Å². The van der Waals surface area contributed by atoms with E-state index >= 15 is 0 Å². The van der Waals surface area contributed by atoms with E-state index in [0.29, 0.717) is 16.4 Å². The smallest absolute Gasteiger partial charge is 0.311 e. The van der Waals surface area contributed by atoms with Crippen LogP contribution in [0.1, 0.15) is 0 Å². The molecule has 1 aromatic carbocycles. The Kier molecular flexibility index (Phi) is 3.37. The molecule has 0 aliphatic rings. The van der Waals surface area contributed by atoms with Crippen LogP contribution in [0.25, 0.3) is 10.9 Å².